The van der Waals surface area contributed by atoms with Gasteiger partial charge in [-0.15, -0.1) is 0 Å². The first-order chi connectivity index (χ1) is 10.2. The van der Waals surface area contributed by atoms with Crippen LogP contribution in [0.15, 0.2) is 0 Å². The zero-order chi connectivity index (χ0) is 14.8. The molecule has 4 nitrogen and oxygen atoms in total. The van der Waals surface area contributed by atoms with Crippen LogP contribution >= 0.6 is 0 Å². The van der Waals surface area contributed by atoms with Crippen molar-refractivity contribution < 1.29 is 14.7 Å². The van der Waals surface area contributed by atoms with E-state index in [1.54, 1.807) is 0 Å². The molecular formula is C17H27NO3. The van der Waals surface area contributed by atoms with Crippen molar-refractivity contribution in [2.24, 2.45) is 11.8 Å². The van der Waals surface area contributed by atoms with Crippen LogP contribution < -0.4 is 0 Å². The van der Waals surface area contributed by atoms with Crippen molar-refractivity contribution in [3.63, 3.8) is 0 Å². The molecule has 4 heteroatoms. The summed E-state index contributed by atoms with van der Waals surface area (Å²) in [7, 11) is 0. The molecule has 0 saturated heterocycles. The maximum atomic E-state index is 12.9. The molecule has 0 heterocycles. The third-order valence-electron chi connectivity index (χ3n) is 5.62. The summed E-state index contributed by atoms with van der Waals surface area (Å²) in [5.41, 5.74) is 0. The molecule has 0 spiro atoms. The normalized spacial score (nSPS) is 30.9. The minimum absolute atomic E-state index is 0.154. The Morgan fingerprint density at radius 2 is 1.24 bits per heavy atom. The fourth-order valence-corrected chi connectivity index (χ4v) is 4.31. The second-order valence-electron chi connectivity index (χ2n) is 7.12. The first kappa shape index (κ1) is 14.9. The molecule has 118 valence electrons. The van der Waals surface area contributed by atoms with Gasteiger partial charge in [-0.25, -0.2) is 0 Å². The van der Waals surface area contributed by atoms with Gasteiger partial charge in [0, 0.05) is 12.1 Å². The SMILES string of the molecule is O=C(O)C1CC1C(=O)N(C1CCCCC1)C1CCCCC1. The highest BCUT2D eigenvalue weighted by Crippen LogP contribution is 2.42. The summed E-state index contributed by atoms with van der Waals surface area (Å²) in [6.45, 7) is 0. The van der Waals surface area contributed by atoms with Crippen LogP contribution in [0, 0.1) is 11.8 Å². The van der Waals surface area contributed by atoms with E-state index in [0.717, 1.165) is 25.7 Å². The van der Waals surface area contributed by atoms with E-state index >= 15 is 0 Å². The van der Waals surface area contributed by atoms with Gasteiger partial charge in [-0.05, 0) is 32.1 Å². The van der Waals surface area contributed by atoms with E-state index in [0.29, 0.717) is 18.5 Å². The average Bonchev–Trinajstić information content (AvgIpc) is 3.30. The van der Waals surface area contributed by atoms with Crippen LogP contribution in [0.2, 0.25) is 0 Å². The van der Waals surface area contributed by atoms with E-state index < -0.39 is 11.9 Å². The Balaban J connectivity index is 1.71. The van der Waals surface area contributed by atoms with Crippen LogP contribution in [0.25, 0.3) is 0 Å². The minimum Gasteiger partial charge on any atom is -0.481 e. The standard InChI is InChI=1S/C17H27NO3/c19-16(14-11-15(14)17(20)21)18(12-7-3-1-4-8-12)13-9-5-2-6-10-13/h12-15H,1-11H2,(H,20,21). The number of hydrogen-bond donors (Lipinski definition) is 1. The molecule has 2 unspecified atom stereocenters. The highest BCUT2D eigenvalue weighted by Gasteiger charge is 2.51. The Kier molecular flexibility index (Phi) is 4.51. The zero-order valence-corrected chi connectivity index (χ0v) is 12.8. The predicted molar refractivity (Wildman–Crippen MR) is 79.8 cm³/mol. The van der Waals surface area contributed by atoms with Crippen LogP contribution in [-0.4, -0.2) is 34.0 Å². The number of aliphatic carboxylic acids is 1. The molecule has 1 amide bonds. The number of carboxylic acids is 1. The highest BCUT2D eigenvalue weighted by atomic mass is 16.4. The lowest BCUT2D eigenvalue weighted by Crippen LogP contribution is -2.49. The molecule has 3 fully saturated rings. The van der Waals surface area contributed by atoms with Crippen LogP contribution in [0.3, 0.4) is 0 Å². The van der Waals surface area contributed by atoms with Crippen LogP contribution in [-0.2, 0) is 9.59 Å². The molecule has 2 atom stereocenters. The molecule has 0 aliphatic heterocycles. The summed E-state index contributed by atoms with van der Waals surface area (Å²) in [4.78, 5) is 26.1. The van der Waals surface area contributed by atoms with Crippen LogP contribution in [0.5, 0.6) is 0 Å². The number of carboxylic acid groups (broad SMARTS) is 1. The minimum atomic E-state index is -0.791. The molecule has 1 N–H and O–H groups in total. The summed E-state index contributed by atoms with van der Waals surface area (Å²) < 4.78 is 0. The van der Waals surface area contributed by atoms with E-state index in [9.17, 15) is 9.59 Å². The number of carbonyl (C=O) groups is 2. The fourth-order valence-electron chi connectivity index (χ4n) is 4.31. The maximum Gasteiger partial charge on any atom is 0.307 e. The fraction of sp³-hybridized carbons (Fsp3) is 0.882. The lowest BCUT2D eigenvalue weighted by Gasteiger charge is -2.42. The number of nitrogens with zero attached hydrogens (tertiary/aromatic N) is 1. The summed E-state index contributed by atoms with van der Waals surface area (Å²) in [5, 5.41) is 9.10. The van der Waals surface area contributed by atoms with Crippen molar-refractivity contribution in [2.75, 3.05) is 0 Å². The molecule has 3 rings (SSSR count). The number of hydrogen-bond acceptors (Lipinski definition) is 2. The first-order valence-electron chi connectivity index (χ1n) is 8.73. The number of carbonyl (C=O) groups excluding carboxylic acids is 1. The molecule has 0 radical (unpaired) electrons. The third-order valence-corrected chi connectivity index (χ3v) is 5.62. The Morgan fingerprint density at radius 1 is 0.762 bits per heavy atom. The summed E-state index contributed by atoms with van der Waals surface area (Å²) in [5.74, 6) is -1.28. The average molecular weight is 293 g/mol. The van der Waals surface area contributed by atoms with E-state index in [2.05, 4.69) is 4.90 Å². The molecule has 3 saturated carbocycles. The van der Waals surface area contributed by atoms with Gasteiger partial charge in [0.25, 0.3) is 0 Å². The largest absolute Gasteiger partial charge is 0.481 e. The van der Waals surface area contributed by atoms with Crippen LogP contribution in [0.4, 0.5) is 0 Å². The monoisotopic (exact) mass is 293 g/mol. The Morgan fingerprint density at radius 3 is 1.62 bits per heavy atom. The summed E-state index contributed by atoms with van der Waals surface area (Å²) >= 11 is 0. The van der Waals surface area contributed by atoms with Crippen molar-refractivity contribution in [1.29, 1.82) is 0 Å². The second kappa shape index (κ2) is 6.37. The van der Waals surface area contributed by atoms with Crippen molar-refractivity contribution >= 4 is 11.9 Å². The van der Waals surface area contributed by atoms with Crippen molar-refractivity contribution in [3.8, 4) is 0 Å². The van der Waals surface area contributed by atoms with Gasteiger partial charge in [0.15, 0.2) is 0 Å². The van der Waals surface area contributed by atoms with Crippen molar-refractivity contribution in [1.82, 2.24) is 4.90 Å². The summed E-state index contributed by atoms with van der Waals surface area (Å²) in [6.07, 6.45) is 12.5. The second-order valence-corrected chi connectivity index (χ2v) is 7.12. The number of rotatable bonds is 4. The van der Waals surface area contributed by atoms with Gasteiger partial charge < -0.3 is 10.0 Å². The first-order valence-corrected chi connectivity index (χ1v) is 8.73. The molecule has 0 bridgehead atoms. The van der Waals surface area contributed by atoms with E-state index in [4.69, 9.17) is 5.11 Å². The van der Waals surface area contributed by atoms with E-state index in [-0.39, 0.29) is 11.8 Å². The molecule has 3 aliphatic carbocycles. The molecule has 0 aromatic carbocycles. The van der Waals surface area contributed by atoms with Crippen molar-refractivity contribution in [3.05, 3.63) is 0 Å². The van der Waals surface area contributed by atoms with Gasteiger partial charge >= 0.3 is 5.97 Å². The smallest absolute Gasteiger partial charge is 0.307 e. The van der Waals surface area contributed by atoms with E-state index in [1.165, 1.54) is 38.5 Å². The van der Waals surface area contributed by atoms with E-state index in [1.807, 2.05) is 0 Å². The lowest BCUT2D eigenvalue weighted by molar-refractivity contribution is -0.144. The van der Waals surface area contributed by atoms with Gasteiger partial charge in [-0.1, -0.05) is 38.5 Å². The topological polar surface area (TPSA) is 57.6 Å². The quantitative estimate of drug-likeness (QED) is 0.866. The third kappa shape index (κ3) is 3.24. The predicted octanol–water partition coefficient (Wildman–Crippen LogP) is 3.20. The molecule has 0 aromatic rings. The van der Waals surface area contributed by atoms with Gasteiger partial charge in [0.05, 0.1) is 11.8 Å². The highest BCUT2D eigenvalue weighted by molar-refractivity contribution is 5.89. The van der Waals surface area contributed by atoms with Crippen molar-refractivity contribution in [2.45, 2.75) is 82.7 Å². The molecule has 0 aromatic heterocycles. The summed E-state index contributed by atoms with van der Waals surface area (Å²) in [6, 6.07) is 0.758. The Labute approximate surface area is 126 Å². The van der Waals surface area contributed by atoms with Crippen LogP contribution in [0.1, 0.15) is 70.6 Å². The Hall–Kier alpha value is -1.06. The van der Waals surface area contributed by atoms with Gasteiger partial charge in [0.1, 0.15) is 0 Å². The van der Waals surface area contributed by atoms with Gasteiger partial charge in [-0.2, -0.15) is 0 Å². The van der Waals surface area contributed by atoms with Gasteiger partial charge in [0.2, 0.25) is 5.91 Å². The molecule has 3 aliphatic rings. The van der Waals surface area contributed by atoms with Gasteiger partial charge in [-0.3, -0.25) is 9.59 Å². The maximum absolute atomic E-state index is 12.9. The lowest BCUT2D eigenvalue weighted by atomic mass is 9.88. The molecule has 21 heavy (non-hydrogen) atoms. The number of amides is 1. The zero-order valence-electron chi connectivity index (χ0n) is 12.8. The molecular weight excluding hydrogens is 266 g/mol. The Bertz CT molecular complexity index is 379.